The van der Waals surface area contributed by atoms with Crippen LogP contribution >= 0.6 is 15.9 Å². The van der Waals surface area contributed by atoms with Crippen LogP contribution in [0.1, 0.15) is 5.56 Å². The Labute approximate surface area is 119 Å². The summed E-state index contributed by atoms with van der Waals surface area (Å²) in [6.07, 6.45) is 0. The number of alkyl halides is 1. The predicted octanol–water partition coefficient (Wildman–Crippen LogP) is 4.26. The molecule has 0 bridgehead atoms. The van der Waals surface area contributed by atoms with Crippen molar-refractivity contribution in [1.29, 1.82) is 0 Å². The van der Waals surface area contributed by atoms with E-state index in [0.29, 0.717) is 11.0 Å². The second kappa shape index (κ2) is 5.84. The maximum atomic E-state index is 11.2. The zero-order valence-corrected chi connectivity index (χ0v) is 12.0. The van der Waals surface area contributed by atoms with Crippen molar-refractivity contribution in [1.82, 2.24) is 0 Å². The Bertz CT molecular complexity index is 587. The van der Waals surface area contributed by atoms with Crippen molar-refractivity contribution in [3.63, 3.8) is 0 Å². The molecule has 0 unspecified atom stereocenters. The second-order valence-electron chi connectivity index (χ2n) is 4.11. The number of anilines is 2. The van der Waals surface area contributed by atoms with Crippen LogP contribution in [0.2, 0.25) is 0 Å². The molecule has 0 radical (unpaired) electrons. The lowest BCUT2D eigenvalue weighted by molar-refractivity contribution is -0.384. The highest BCUT2D eigenvalue weighted by Crippen LogP contribution is 2.33. The average Bonchev–Trinajstić information content (AvgIpc) is 2.46. The molecule has 98 valence electrons. The lowest BCUT2D eigenvalue weighted by Crippen LogP contribution is -2.11. The molecule has 4 nitrogen and oxygen atoms in total. The molecule has 0 saturated heterocycles. The topological polar surface area (TPSA) is 46.4 Å². The van der Waals surface area contributed by atoms with Crippen LogP contribution in [-0.2, 0) is 5.33 Å². The first-order chi connectivity index (χ1) is 9.13. The lowest BCUT2D eigenvalue weighted by atomic mass is 10.1. The molecule has 0 spiro atoms. The number of hydrogen-bond donors (Lipinski definition) is 0. The van der Waals surface area contributed by atoms with Gasteiger partial charge in [-0.3, -0.25) is 10.1 Å². The Morgan fingerprint density at radius 2 is 1.89 bits per heavy atom. The first-order valence-electron chi connectivity index (χ1n) is 5.75. The van der Waals surface area contributed by atoms with Crippen LogP contribution in [0.3, 0.4) is 0 Å². The highest BCUT2D eigenvalue weighted by atomic mass is 79.9. The van der Waals surface area contributed by atoms with Crippen LogP contribution in [0.4, 0.5) is 17.1 Å². The Kier molecular flexibility index (Phi) is 4.16. The maximum Gasteiger partial charge on any atom is 0.293 e. The van der Waals surface area contributed by atoms with Crippen LogP contribution in [0.25, 0.3) is 0 Å². The van der Waals surface area contributed by atoms with Crippen LogP contribution < -0.4 is 4.90 Å². The van der Waals surface area contributed by atoms with E-state index in [9.17, 15) is 10.1 Å². The summed E-state index contributed by atoms with van der Waals surface area (Å²) >= 11 is 3.31. The Morgan fingerprint density at radius 1 is 1.21 bits per heavy atom. The van der Waals surface area contributed by atoms with E-state index in [2.05, 4.69) is 15.9 Å². The summed E-state index contributed by atoms with van der Waals surface area (Å²) < 4.78 is 0. The molecule has 5 heteroatoms. The van der Waals surface area contributed by atoms with Gasteiger partial charge in [0.25, 0.3) is 5.69 Å². The van der Waals surface area contributed by atoms with Gasteiger partial charge in [0.2, 0.25) is 0 Å². The van der Waals surface area contributed by atoms with Gasteiger partial charge < -0.3 is 4.90 Å². The largest absolute Gasteiger partial charge is 0.339 e. The van der Waals surface area contributed by atoms with E-state index < -0.39 is 0 Å². The van der Waals surface area contributed by atoms with Gasteiger partial charge in [-0.15, -0.1) is 0 Å². The molecule has 0 aromatic heterocycles. The van der Waals surface area contributed by atoms with E-state index in [1.54, 1.807) is 12.1 Å². The standard InChI is InChI=1S/C14H13BrN2O2/c1-16(12-5-3-2-4-6-12)13-8-7-11(10-15)9-14(13)17(18)19/h2-9H,10H2,1H3. The zero-order chi connectivity index (χ0) is 13.8. The van der Waals surface area contributed by atoms with Gasteiger partial charge in [0.15, 0.2) is 0 Å². The minimum atomic E-state index is -0.346. The van der Waals surface area contributed by atoms with E-state index >= 15 is 0 Å². The van der Waals surface area contributed by atoms with Gasteiger partial charge in [-0.05, 0) is 23.8 Å². The smallest absolute Gasteiger partial charge is 0.293 e. The molecule has 0 N–H and O–H groups in total. The zero-order valence-electron chi connectivity index (χ0n) is 10.4. The van der Waals surface area contributed by atoms with Crippen molar-refractivity contribution in [2.24, 2.45) is 0 Å². The minimum absolute atomic E-state index is 0.114. The Hall–Kier alpha value is -1.88. The third-order valence-electron chi connectivity index (χ3n) is 2.90. The summed E-state index contributed by atoms with van der Waals surface area (Å²) in [4.78, 5) is 12.7. The first-order valence-corrected chi connectivity index (χ1v) is 6.87. The lowest BCUT2D eigenvalue weighted by Gasteiger charge is -2.19. The molecule has 0 aliphatic heterocycles. The number of halogens is 1. The maximum absolute atomic E-state index is 11.2. The van der Waals surface area contributed by atoms with E-state index in [-0.39, 0.29) is 10.6 Å². The summed E-state index contributed by atoms with van der Waals surface area (Å²) in [5.41, 5.74) is 2.50. The van der Waals surface area contributed by atoms with E-state index in [1.807, 2.05) is 48.3 Å². The number of benzene rings is 2. The monoisotopic (exact) mass is 320 g/mol. The third kappa shape index (κ3) is 2.93. The molecule has 19 heavy (non-hydrogen) atoms. The number of para-hydroxylation sites is 1. The fourth-order valence-electron chi connectivity index (χ4n) is 1.87. The molecule has 0 amide bonds. The fourth-order valence-corrected chi connectivity index (χ4v) is 2.22. The van der Waals surface area contributed by atoms with Gasteiger partial charge in [-0.2, -0.15) is 0 Å². The molecule has 2 aromatic carbocycles. The van der Waals surface area contributed by atoms with Crippen molar-refractivity contribution in [2.75, 3.05) is 11.9 Å². The number of nitro groups is 1. The highest BCUT2D eigenvalue weighted by Gasteiger charge is 2.18. The number of rotatable bonds is 4. The molecule has 2 rings (SSSR count). The summed E-state index contributed by atoms with van der Waals surface area (Å²) in [6, 6.07) is 14.8. The van der Waals surface area contributed by atoms with Crippen LogP contribution in [0.15, 0.2) is 48.5 Å². The number of hydrogen-bond acceptors (Lipinski definition) is 3. The molecule has 0 aliphatic rings. The van der Waals surface area contributed by atoms with Gasteiger partial charge in [-0.25, -0.2) is 0 Å². The van der Waals surface area contributed by atoms with Crippen LogP contribution in [-0.4, -0.2) is 12.0 Å². The molecular formula is C14H13BrN2O2. The third-order valence-corrected chi connectivity index (χ3v) is 3.54. The van der Waals surface area contributed by atoms with E-state index in [1.165, 1.54) is 0 Å². The van der Waals surface area contributed by atoms with Crippen LogP contribution in [0.5, 0.6) is 0 Å². The highest BCUT2D eigenvalue weighted by molar-refractivity contribution is 9.08. The molecule has 2 aromatic rings. The van der Waals surface area contributed by atoms with Gasteiger partial charge in [0.1, 0.15) is 5.69 Å². The Morgan fingerprint density at radius 3 is 2.47 bits per heavy atom. The minimum Gasteiger partial charge on any atom is -0.339 e. The number of nitro benzene ring substituents is 1. The first kappa shape index (κ1) is 13.5. The van der Waals surface area contributed by atoms with Gasteiger partial charge in [0.05, 0.1) is 4.92 Å². The Balaban J connectivity index is 2.47. The van der Waals surface area contributed by atoms with Gasteiger partial charge in [-0.1, -0.05) is 40.2 Å². The normalized spacial score (nSPS) is 10.2. The van der Waals surface area contributed by atoms with Crippen molar-refractivity contribution in [3.8, 4) is 0 Å². The quantitative estimate of drug-likeness (QED) is 0.480. The summed E-state index contributed by atoms with van der Waals surface area (Å²) in [5, 5.41) is 11.8. The molecule has 0 aliphatic carbocycles. The van der Waals surface area contributed by atoms with Crippen molar-refractivity contribution in [3.05, 3.63) is 64.2 Å². The molecule has 0 saturated carbocycles. The van der Waals surface area contributed by atoms with Crippen molar-refractivity contribution >= 4 is 33.0 Å². The fraction of sp³-hybridized carbons (Fsp3) is 0.143. The molecule has 0 atom stereocenters. The van der Waals surface area contributed by atoms with Gasteiger partial charge in [0, 0.05) is 24.1 Å². The SMILES string of the molecule is CN(c1ccccc1)c1ccc(CBr)cc1[N+](=O)[O-]. The molecule has 0 fully saturated rings. The molecule has 0 heterocycles. The van der Waals surface area contributed by atoms with Crippen molar-refractivity contribution < 1.29 is 4.92 Å². The van der Waals surface area contributed by atoms with Crippen molar-refractivity contribution in [2.45, 2.75) is 5.33 Å². The summed E-state index contributed by atoms with van der Waals surface area (Å²) in [6.45, 7) is 0. The average molecular weight is 321 g/mol. The summed E-state index contributed by atoms with van der Waals surface area (Å²) in [5.74, 6) is 0. The van der Waals surface area contributed by atoms with Crippen LogP contribution in [0, 0.1) is 10.1 Å². The predicted molar refractivity (Wildman–Crippen MR) is 80.2 cm³/mol. The van der Waals surface area contributed by atoms with E-state index in [4.69, 9.17) is 0 Å². The number of nitrogens with zero attached hydrogens (tertiary/aromatic N) is 2. The second-order valence-corrected chi connectivity index (χ2v) is 4.67. The van der Waals surface area contributed by atoms with Gasteiger partial charge >= 0.3 is 0 Å². The summed E-state index contributed by atoms with van der Waals surface area (Å²) in [7, 11) is 1.82. The molecular weight excluding hydrogens is 308 g/mol. The van der Waals surface area contributed by atoms with E-state index in [0.717, 1.165) is 11.3 Å².